The van der Waals surface area contributed by atoms with E-state index in [-0.39, 0.29) is 29.7 Å². The summed E-state index contributed by atoms with van der Waals surface area (Å²) in [6.07, 6.45) is 13.1. The Hall–Kier alpha value is -3.32. The van der Waals surface area contributed by atoms with Crippen LogP contribution in [-0.4, -0.2) is 66.7 Å². The normalized spacial score (nSPS) is 28.0. The molecule has 5 atom stereocenters. The fourth-order valence-electron chi connectivity index (χ4n) is 6.39. The predicted octanol–water partition coefficient (Wildman–Crippen LogP) is 7.05. The monoisotopic (exact) mass is 565 g/mol. The van der Waals surface area contributed by atoms with Gasteiger partial charge in [0, 0.05) is 37.4 Å². The minimum Gasteiger partial charge on any atom is -0.366 e. The van der Waals surface area contributed by atoms with Crippen LogP contribution in [0.1, 0.15) is 37.9 Å². The summed E-state index contributed by atoms with van der Waals surface area (Å²) in [5, 5.41) is 6.54. The van der Waals surface area contributed by atoms with E-state index in [1.54, 1.807) is 0 Å². The van der Waals surface area contributed by atoms with Crippen LogP contribution in [0.15, 0.2) is 108 Å². The molecule has 0 radical (unpaired) electrons. The Morgan fingerprint density at radius 3 is 2.41 bits per heavy atom. The van der Waals surface area contributed by atoms with Gasteiger partial charge in [0.2, 0.25) is 0 Å². The van der Waals surface area contributed by atoms with Gasteiger partial charge in [-0.1, -0.05) is 98.8 Å². The first-order valence-corrected chi connectivity index (χ1v) is 15.8. The number of nitrogens with one attached hydrogen (secondary N) is 1. The second-order valence-corrected chi connectivity index (χ2v) is 11.7. The molecule has 0 saturated heterocycles. The molecule has 0 aliphatic carbocycles. The van der Waals surface area contributed by atoms with Gasteiger partial charge < -0.3 is 9.80 Å². The number of rotatable bonds is 3. The predicted molar refractivity (Wildman–Crippen MR) is 179 cm³/mol. The van der Waals surface area contributed by atoms with E-state index < -0.39 is 0 Å². The Morgan fingerprint density at radius 1 is 0.854 bits per heavy atom. The molecule has 0 amide bonds. The molecule has 3 aliphatic rings. The first kappa shape index (κ1) is 29.2. The van der Waals surface area contributed by atoms with Crippen molar-refractivity contribution in [2.24, 2.45) is 4.99 Å². The first-order valence-electron chi connectivity index (χ1n) is 14.7. The molecule has 0 fully saturated rings. The maximum atomic E-state index is 4.56. The van der Waals surface area contributed by atoms with Crippen molar-refractivity contribution < 1.29 is 0 Å². The highest BCUT2D eigenvalue weighted by atomic mass is 32.2. The third-order valence-electron chi connectivity index (χ3n) is 8.24. The number of thioether (sulfide) groups is 1. The van der Waals surface area contributed by atoms with Crippen molar-refractivity contribution in [2.45, 2.75) is 50.4 Å². The molecule has 0 aromatic heterocycles. The highest BCUT2D eigenvalue weighted by Gasteiger charge is 2.43. The zero-order valence-corrected chi connectivity index (χ0v) is 25.9. The van der Waals surface area contributed by atoms with Gasteiger partial charge in [0.25, 0.3) is 0 Å². The maximum Gasteiger partial charge on any atom is 0.107 e. The standard InChI is InChI=1S/C33H37N5S.C2H6/c1-23-12-11-21-34-22-39-32(35-23)28-17-10-18-29(36(28)2)33-37(3)30(25-14-6-5-7-15-25)27-20-19-24-13-8-9-16-26(24)31(27)38(33)4;1-2/h5-21,23,29-30,32-33,35H,22H2,1-4H3;1-2H3/b12-11-,34-21-;. The van der Waals surface area contributed by atoms with Crippen LogP contribution in [0.3, 0.4) is 0 Å². The third-order valence-corrected chi connectivity index (χ3v) is 9.25. The van der Waals surface area contributed by atoms with E-state index in [9.17, 15) is 0 Å². The lowest BCUT2D eigenvalue weighted by atomic mass is 9.88. The van der Waals surface area contributed by atoms with Crippen LogP contribution in [0.25, 0.3) is 10.8 Å². The molecule has 3 aromatic carbocycles. The van der Waals surface area contributed by atoms with Crippen molar-refractivity contribution in [2.75, 3.05) is 31.9 Å². The number of likely N-dealkylation sites (N-methyl/N-ethyl adjacent to an activating group) is 3. The lowest BCUT2D eigenvalue weighted by Gasteiger charge is -2.53. The molecule has 0 spiro atoms. The van der Waals surface area contributed by atoms with E-state index in [1.807, 2.05) is 37.9 Å². The molecule has 214 valence electrons. The minimum absolute atomic E-state index is 0.120. The molecule has 0 saturated carbocycles. The van der Waals surface area contributed by atoms with Gasteiger partial charge in [0.05, 0.1) is 29.0 Å². The summed E-state index contributed by atoms with van der Waals surface area (Å²) in [6.45, 7) is 6.20. The van der Waals surface area contributed by atoms with Gasteiger partial charge in [-0.05, 0) is 42.6 Å². The maximum absolute atomic E-state index is 4.56. The van der Waals surface area contributed by atoms with Crippen LogP contribution in [0.4, 0.5) is 5.69 Å². The van der Waals surface area contributed by atoms with E-state index in [2.05, 4.69) is 144 Å². The molecule has 41 heavy (non-hydrogen) atoms. The summed E-state index contributed by atoms with van der Waals surface area (Å²) < 4.78 is 0. The fraction of sp³-hybridized carbons (Fsp3) is 0.343. The number of benzene rings is 3. The van der Waals surface area contributed by atoms with Gasteiger partial charge in [-0.15, -0.1) is 11.8 Å². The van der Waals surface area contributed by atoms with Gasteiger partial charge in [0.15, 0.2) is 0 Å². The molecular weight excluding hydrogens is 522 g/mol. The smallest absolute Gasteiger partial charge is 0.107 e. The van der Waals surface area contributed by atoms with Crippen molar-refractivity contribution in [3.63, 3.8) is 0 Å². The SMILES string of the molecule is CC.CC1/C=C\C=N/CSC(C2=CC=CC(C3N(C)c4c(ccc5ccccc45)C(c4ccccc4)N3C)N2C)N1. The van der Waals surface area contributed by atoms with Crippen LogP contribution in [0, 0.1) is 0 Å². The van der Waals surface area contributed by atoms with Crippen molar-refractivity contribution >= 4 is 34.4 Å². The lowest BCUT2D eigenvalue weighted by Crippen LogP contribution is -2.61. The van der Waals surface area contributed by atoms with Crippen LogP contribution >= 0.6 is 11.8 Å². The van der Waals surface area contributed by atoms with Crippen LogP contribution in [-0.2, 0) is 0 Å². The second kappa shape index (κ2) is 13.1. The Balaban J connectivity index is 0.00000165. The largest absolute Gasteiger partial charge is 0.366 e. The number of nitrogens with zero attached hydrogens (tertiary/aromatic N) is 4. The summed E-state index contributed by atoms with van der Waals surface area (Å²) in [7, 11) is 6.80. The molecule has 0 bridgehead atoms. The Labute approximate surface area is 250 Å². The molecule has 5 nitrogen and oxygen atoms in total. The number of aliphatic imine (C=N–C) groups is 1. The highest BCUT2D eigenvalue weighted by Crippen LogP contribution is 2.46. The summed E-state index contributed by atoms with van der Waals surface area (Å²) in [5.74, 6) is 0.729. The Bertz CT molecular complexity index is 1450. The van der Waals surface area contributed by atoms with Gasteiger partial charge in [-0.25, -0.2) is 0 Å². The van der Waals surface area contributed by atoms with E-state index in [4.69, 9.17) is 0 Å². The van der Waals surface area contributed by atoms with E-state index in [1.165, 1.54) is 33.3 Å². The van der Waals surface area contributed by atoms with Gasteiger partial charge in [-0.2, -0.15) is 0 Å². The molecule has 6 rings (SSSR count). The lowest BCUT2D eigenvalue weighted by molar-refractivity contribution is 0.119. The van der Waals surface area contributed by atoms with E-state index in [0.29, 0.717) is 0 Å². The minimum atomic E-state index is 0.120. The summed E-state index contributed by atoms with van der Waals surface area (Å²) in [6, 6.07) is 24.9. The van der Waals surface area contributed by atoms with Crippen molar-refractivity contribution in [3.05, 3.63) is 114 Å². The molecule has 6 heteroatoms. The second-order valence-electron chi connectivity index (χ2n) is 10.7. The van der Waals surface area contributed by atoms with Crippen LogP contribution in [0.5, 0.6) is 0 Å². The van der Waals surface area contributed by atoms with Crippen molar-refractivity contribution in [3.8, 4) is 0 Å². The Morgan fingerprint density at radius 2 is 1.61 bits per heavy atom. The van der Waals surface area contributed by atoms with E-state index >= 15 is 0 Å². The molecule has 3 aromatic rings. The third kappa shape index (κ3) is 5.74. The van der Waals surface area contributed by atoms with Crippen molar-refractivity contribution in [1.82, 2.24) is 15.1 Å². The number of hydrogen-bond donors (Lipinski definition) is 1. The summed E-state index contributed by atoms with van der Waals surface area (Å²) >= 11 is 1.84. The number of anilines is 1. The van der Waals surface area contributed by atoms with Gasteiger partial charge in [-0.3, -0.25) is 15.2 Å². The topological polar surface area (TPSA) is 34.1 Å². The zero-order chi connectivity index (χ0) is 28.9. The highest BCUT2D eigenvalue weighted by molar-refractivity contribution is 8.00. The first-order chi connectivity index (χ1) is 20.0. The van der Waals surface area contributed by atoms with E-state index in [0.717, 1.165) is 5.88 Å². The number of allylic oxidation sites excluding steroid dienone is 3. The van der Waals surface area contributed by atoms with Crippen molar-refractivity contribution in [1.29, 1.82) is 0 Å². The molecule has 1 N–H and O–H groups in total. The summed E-state index contributed by atoms with van der Waals surface area (Å²) in [5.41, 5.74) is 5.28. The average molecular weight is 566 g/mol. The Kier molecular flexibility index (Phi) is 9.33. The molecule has 3 heterocycles. The van der Waals surface area contributed by atoms with Crippen LogP contribution in [0.2, 0.25) is 0 Å². The molecular formula is C35H43N5S. The van der Waals surface area contributed by atoms with Crippen LogP contribution < -0.4 is 10.2 Å². The quantitative estimate of drug-likeness (QED) is 0.368. The molecule has 3 aliphatic heterocycles. The molecule has 5 unspecified atom stereocenters. The summed E-state index contributed by atoms with van der Waals surface area (Å²) in [4.78, 5) is 12.1. The van der Waals surface area contributed by atoms with Gasteiger partial charge in [0.1, 0.15) is 6.17 Å². The number of fused-ring (bicyclic) bond motifs is 3. The zero-order valence-electron chi connectivity index (χ0n) is 25.1. The number of hydrogen-bond acceptors (Lipinski definition) is 6. The van der Waals surface area contributed by atoms with Gasteiger partial charge >= 0.3 is 0 Å². The fourth-order valence-corrected chi connectivity index (χ4v) is 7.44. The average Bonchev–Trinajstić information content (AvgIpc) is 3.11.